The molecule has 0 saturated carbocycles. The summed E-state index contributed by atoms with van der Waals surface area (Å²) in [6.45, 7) is 3.97. The van der Waals surface area contributed by atoms with E-state index in [4.69, 9.17) is 5.73 Å². The predicted octanol–water partition coefficient (Wildman–Crippen LogP) is 1.53. The molecule has 4 heterocycles. The van der Waals surface area contributed by atoms with Crippen LogP contribution in [-0.4, -0.2) is 49.8 Å². The van der Waals surface area contributed by atoms with Crippen LogP contribution in [0.25, 0.3) is 6.08 Å². The number of β-lactam (4-membered cyclic amide) rings is 1. The number of nitrogens with one attached hydrogen (secondary N) is 1. The first kappa shape index (κ1) is 20.0. The Hall–Kier alpha value is -3.27. The van der Waals surface area contributed by atoms with Gasteiger partial charge in [0.15, 0.2) is 5.13 Å². The Bertz CT molecular complexity index is 1080. The molecule has 2 aliphatic heterocycles. The third-order valence-corrected chi connectivity index (χ3v) is 6.22. The first-order valence-corrected chi connectivity index (χ1v) is 10.3. The van der Waals surface area contributed by atoms with Crippen LogP contribution in [-0.2, 0) is 16.1 Å². The van der Waals surface area contributed by atoms with Crippen LogP contribution in [0.2, 0.25) is 0 Å². The van der Waals surface area contributed by atoms with E-state index in [-0.39, 0.29) is 24.4 Å². The van der Waals surface area contributed by atoms with E-state index in [0.29, 0.717) is 34.1 Å². The number of carbonyl (C=O) groups is 3. The van der Waals surface area contributed by atoms with Crippen LogP contribution in [0, 0.1) is 5.41 Å². The molecule has 2 aromatic heterocycles. The lowest BCUT2D eigenvalue weighted by Gasteiger charge is -2.40. The van der Waals surface area contributed by atoms with E-state index in [1.165, 1.54) is 22.4 Å². The minimum Gasteiger partial charge on any atom is -0.480 e. The van der Waals surface area contributed by atoms with E-state index in [1.54, 1.807) is 23.6 Å². The van der Waals surface area contributed by atoms with E-state index in [1.807, 2.05) is 13.8 Å². The Balaban J connectivity index is 1.49. The van der Waals surface area contributed by atoms with Gasteiger partial charge in [0.1, 0.15) is 6.04 Å². The van der Waals surface area contributed by atoms with Crippen molar-refractivity contribution in [3.8, 4) is 0 Å². The average Bonchev–Trinajstić information content (AvgIpc) is 3.22. The molecular weight excluding hydrogens is 406 g/mol. The van der Waals surface area contributed by atoms with Crippen molar-refractivity contribution in [3.63, 3.8) is 0 Å². The van der Waals surface area contributed by atoms with Gasteiger partial charge in [0.25, 0.3) is 11.8 Å². The zero-order valence-electron chi connectivity index (χ0n) is 16.5. The molecule has 10 heteroatoms. The number of carboxylic acid groups (broad SMARTS) is 1. The van der Waals surface area contributed by atoms with E-state index in [0.717, 1.165) is 0 Å². The summed E-state index contributed by atoms with van der Waals surface area (Å²) in [6.07, 6.45) is 3.71. The molecule has 0 aromatic carbocycles. The summed E-state index contributed by atoms with van der Waals surface area (Å²) in [7, 11) is 0. The van der Waals surface area contributed by atoms with Crippen LogP contribution in [0.15, 0.2) is 29.3 Å². The highest BCUT2D eigenvalue weighted by atomic mass is 32.1. The van der Waals surface area contributed by atoms with E-state index in [9.17, 15) is 19.5 Å². The summed E-state index contributed by atoms with van der Waals surface area (Å²) in [5.74, 6) is -1.58. The van der Waals surface area contributed by atoms with Crippen LogP contribution in [0.1, 0.15) is 42.0 Å². The largest absolute Gasteiger partial charge is 0.480 e. The highest BCUT2D eigenvalue weighted by Crippen LogP contribution is 2.49. The number of rotatable bonds is 5. The number of aliphatic carboxylic acids is 1. The summed E-state index contributed by atoms with van der Waals surface area (Å²) < 4.78 is 0. The lowest BCUT2D eigenvalue weighted by Crippen LogP contribution is -2.57. The molecule has 2 amide bonds. The van der Waals surface area contributed by atoms with Crippen LogP contribution < -0.4 is 11.1 Å². The summed E-state index contributed by atoms with van der Waals surface area (Å²) >= 11 is 1.30. The molecule has 1 unspecified atom stereocenters. The fourth-order valence-corrected chi connectivity index (χ4v) is 4.69. The van der Waals surface area contributed by atoms with E-state index < -0.39 is 17.4 Å². The van der Waals surface area contributed by atoms with Gasteiger partial charge in [-0.15, -0.1) is 11.3 Å². The van der Waals surface area contributed by atoms with E-state index in [2.05, 4.69) is 15.3 Å². The van der Waals surface area contributed by atoms with Crippen molar-refractivity contribution in [1.82, 2.24) is 20.2 Å². The predicted molar refractivity (Wildman–Crippen MR) is 110 cm³/mol. The molecule has 0 bridgehead atoms. The number of pyridine rings is 1. The number of anilines is 1. The molecule has 156 valence electrons. The van der Waals surface area contributed by atoms with Gasteiger partial charge in [-0.05, 0) is 30.0 Å². The lowest BCUT2D eigenvalue weighted by atomic mass is 9.83. The Morgan fingerprint density at radius 2 is 2.23 bits per heavy atom. The van der Waals surface area contributed by atoms with Crippen molar-refractivity contribution in [3.05, 3.63) is 46.2 Å². The third-order valence-electron chi connectivity index (χ3n) is 5.49. The standard InChI is InChI=1S/C20H21N5O4S/c1-20(2)7-14-13(17(27)25(14)15(20)18(28)29)6-11-5-10(3-4-22-11)16(26)23-8-12-9-30-19(21)24-12/h3-6,9,14-15H,7-8H2,1-2H3,(H2,21,24)(H,23,26)(H,28,29)/b13-6+/t14?,15-/m0/s1. The monoisotopic (exact) mass is 427 g/mol. The highest BCUT2D eigenvalue weighted by Gasteiger charge is 2.60. The molecule has 9 nitrogen and oxygen atoms in total. The quantitative estimate of drug-likeness (QED) is 0.486. The number of hydrogen-bond donors (Lipinski definition) is 3. The van der Waals surface area contributed by atoms with Crippen molar-refractivity contribution in [1.29, 1.82) is 0 Å². The molecule has 2 aliphatic rings. The second-order valence-electron chi connectivity index (χ2n) is 8.09. The summed E-state index contributed by atoms with van der Waals surface area (Å²) in [6, 6.07) is 2.10. The number of nitrogen functional groups attached to an aromatic ring is 1. The molecule has 2 atom stereocenters. The fraction of sp³-hybridized carbons (Fsp3) is 0.350. The van der Waals surface area contributed by atoms with Gasteiger partial charge in [-0.2, -0.15) is 0 Å². The number of fused-ring (bicyclic) bond motifs is 1. The van der Waals surface area contributed by atoms with Gasteiger partial charge in [0, 0.05) is 22.7 Å². The van der Waals surface area contributed by atoms with Gasteiger partial charge in [0.2, 0.25) is 0 Å². The van der Waals surface area contributed by atoms with E-state index >= 15 is 0 Å². The molecule has 2 fully saturated rings. The van der Waals surface area contributed by atoms with Crippen LogP contribution in [0.4, 0.5) is 5.13 Å². The second kappa shape index (κ2) is 7.21. The Morgan fingerprint density at radius 1 is 1.47 bits per heavy atom. The van der Waals surface area contributed by atoms with Gasteiger partial charge in [-0.3, -0.25) is 14.6 Å². The van der Waals surface area contributed by atoms with Crippen molar-refractivity contribution >= 4 is 40.3 Å². The summed E-state index contributed by atoms with van der Waals surface area (Å²) in [4.78, 5) is 46.4. The second-order valence-corrected chi connectivity index (χ2v) is 8.98. The lowest BCUT2D eigenvalue weighted by molar-refractivity contribution is -0.154. The van der Waals surface area contributed by atoms with Gasteiger partial charge < -0.3 is 21.1 Å². The number of carboxylic acids is 1. The van der Waals surface area contributed by atoms with Gasteiger partial charge in [0.05, 0.1) is 24.0 Å². The molecule has 30 heavy (non-hydrogen) atoms. The van der Waals surface area contributed by atoms with Crippen molar-refractivity contribution in [2.24, 2.45) is 5.41 Å². The van der Waals surface area contributed by atoms with Crippen molar-refractivity contribution < 1.29 is 19.5 Å². The number of nitrogens with zero attached hydrogens (tertiary/aromatic N) is 3. The zero-order chi connectivity index (χ0) is 21.6. The first-order chi connectivity index (χ1) is 14.2. The van der Waals surface area contributed by atoms with Gasteiger partial charge in [-0.25, -0.2) is 9.78 Å². The first-order valence-electron chi connectivity index (χ1n) is 9.38. The fourth-order valence-electron chi connectivity index (χ4n) is 4.12. The molecule has 4 rings (SSSR count). The molecule has 0 spiro atoms. The summed E-state index contributed by atoms with van der Waals surface area (Å²) in [5.41, 5.74) is 7.15. The molecule has 4 N–H and O–H groups in total. The van der Waals surface area contributed by atoms with Gasteiger partial charge >= 0.3 is 5.97 Å². The van der Waals surface area contributed by atoms with Crippen molar-refractivity contribution in [2.75, 3.05) is 5.73 Å². The minimum absolute atomic E-state index is 0.247. The molecule has 2 aromatic rings. The maximum atomic E-state index is 12.6. The average molecular weight is 427 g/mol. The molecule has 0 aliphatic carbocycles. The molecule has 2 saturated heterocycles. The van der Waals surface area contributed by atoms with Crippen LogP contribution >= 0.6 is 11.3 Å². The Kier molecular flexibility index (Phi) is 4.81. The smallest absolute Gasteiger partial charge is 0.327 e. The summed E-state index contributed by atoms with van der Waals surface area (Å²) in [5, 5.41) is 14.5. The normalized spacial score (nSPS) is 23.2. The van der Waals surface area contributed by atoms with Crippen molar-refractivity contribution in [2.45, 2.75) is 38.9 Å². The number of aromatic nitrogens is 2. The third kappa shape index (κ3) is 3.43. The van der Waals surface area contributed by atoms with Crippen LogP contribution in [0.5, 0.6) is 0 Å². The minimum atomic E-state index is -0.992. The zero-order valence-corrected chi connectivity index (χ0v) is 17.3. The highest BCUT2D eigenvalue weighted by molar-refractivity contribution is 7.13. The Morgan fingerprint density at radius 3 is 2.90 bits per heavy atom. The number of nitrogens with two attached hydrogens (primary N) is 1. The molecule has 0 radical (unpaired) electrons. The number of hydrogen-bond acceptors (Lipinski definition) is 7. The number of amides is 2. The maximum absolute atomic E-state index is 12.6. The van der Waals surface area contributed by atoms with Gasteiger partial charge in [-0.1, -0.05) is 13.8 Å². The number of thiazole rings is 1. The maximum Gasteiger partial charge on any atom is 0.327 e. The number of carbonyl (C=O) groups excluding carboxylic acids is 2. The SMILES string of the molecule is CC1(C)CC2/C(=C\c3cc(C(=O)NCc4csc(N)n4)ccn3)C(=O)N2[C@H]1C(=O)O. The topological polar surface area (TPSA) is 139 Å². The van der Waals surface area contributed by atoms with Crippen LogP contribution in [0.3, 0.4) is 0 Å². The Labute approximate surface area is 176 Å². The molecular formula is C20H21N5O4S.